The molecular weight excluding hydrogens is 148 g/mol. The fraction of sp³-hybridized carbons (Fsp3) is 0.818. The third-order valence-electron chi connectivity index (χ3n) is 2.62. The van der Waals surface area contributed by atoms with E-state index in [1.807, 2.05) is 13.8 Å². The van der Waals surface area contributed by atoms with Crippen molar-refractivity contribution in [2.24, 2.45) is 5.41 Å². The highest BCUT2D eigenvalue weighted by Crippen LogP contribution is 2.36. The Kier molecular flexibility index (Phi) is 2.35. The van der Waals surface area contributed by atoms with E-state index in [-0.39, 0.29) is 5.41 Å². The first-order valence-corrected chi connectivity index (χ1v) is 4.76. The lowest BCUT2D eigenvalue weighted by Crippen LogP contribution is -2.27. The van der Waals surface area contributed by atoms with E-state index in [0.717, 1.165) is 6.42 Å². The Labute approximate surface area is 75.5 Å². The second-order valence-corrected chi connectivity index (χ2v) is 5.07. The number of rotatable bonds is 1. The van der Waals surface area contributed by atoms with Crippen molar-refractivity contribution in [3.8, 4) is 0 Å². The molecule has 1 N–H and O–H groups in total. The SMILES string of the molecule is CC1(C)C=C(C(C)(C)O)CCC1. The third kappa shape index (κ3) is 2.34. The van der Waals surface area contributed by atoms with Gasteiger partial charge in [0.25, 0.3) is 0 Å². The van der Waals surface area contributed by atoms with Gasteiger partial charge in [-0.15, -0.1) is 0 Å². The van der Waals surface area contributed by atoms with Crippen LogP contribution >= 0.6 is 0 Å². The summed E-state index contributed by atoms with van der Waals surface area (Å²) in [6.07, 6.45) is 5.76. The Bertz CT molecular complexity index is 194. The summed E-state index contributed by atoms with van der Waals surface area (Å²) < 4.78 is 0. The fourth-order valence-electron chi connectivity index (χ4n) is 1.83. The van der Waals surface area contributed by atoms with Gasteiger partial charge in [0.05, 0.1) is 5.60 Å². The molecule has 0 bridgehead atoms. The molecule has 0 fully saturated rings. The van der Waals surface area contributed by atoms with Crippen molar-refractivity contribution in [3.63, 3.8) is 0 Å². The minimum atomic E-state index is -0.613. The summed E-state index contributed by atoms with van der Waals surface area (Å²) in [6.45, 7) is 8.22. The second-order valence-electron chi connectivity index (χ2n) is 5.07. The van der Waals surface area contributed by atoms with E-state index in [1.165, 1.54) is 18.4 Å². The standard InChI is InChI=1S/C11H20O/c1-10(2)7-5-6-9(8-10)11(3,4)12/h8,12H,5-7H2,1-4H3. The number of hydrogen-bond acceptors (Lipinski definition) is 1. The second kappa shape index (κ2) is 2.88. The van der Waals surface area contributed by atoms with Gasteiger partial charge >= 0.3 is 0 Å². The molecule has 0 aromatic carbocycles. The van der Waals surface area contributed by atoms with E-state index in [2.05, 4.69) is 19.9 Å². The predicted octanol–water partition coefficient (Wildman–Crippen LogP) is 2.89. The van der Waals surface area contributed by atoms with E-state index < -0.39 is 5.60 Å². The molecule has 0 heterocycles. The molecule has 0 atom stereocenters. The molecule has 70 valence electrons. The number of allylic oxidation sites excluding steroid dienone is 1. The monoisotopic (exact) mass is 168 g/mol. The quantitative estimate of drug-likeness (QED) is 0.597. The van der Waals surface area contributed by atoms with Crippen molar-refractivity contribution < 1.29 is 5.11 Å². The Hall–Kier alpha value is -0.300. The lowest BCUT2D eigenvalue weighted by Gasteiger charge is -2.32. The Morgan fingerprint density at radius 2 is 2.00 bits per heavy atom. The summed E-state index contributed by atoms with van der Waals surface area (Å²) in [5.74, 6) is 0. The maximum atomic E-state index is 9.81. The maximum absolute atomic E-state index is 9.81. The van der Waals surface area contributed by atoms with Gasteiger partial charge in [0.2, 0.25) is 0 Å². The van der Waals surface area contributed by atoms with Crippen LogP contribution in [0, 0.1) is 5.41 Å². The molecular formula is C11H20O. The average molecular weight is 168 g/mol. The van der Waals surface area contributed by atoms with Gasteiger partial charge in [-0.05, 0) is 44.1 Å². The molecule has 0 radical (unpaired) electrons. The zero-order valence-electron chi connectivity index (χ0n) is 8.65. The van der Waals surface area contributed by atoms with E-state index in [1.54, 1.807) is 0 Å². The number of aliphatic hydroxyl groups is 1. The topological polar surface area (TPSA) is 20.2 Å². The molecule has 0 saturated heterocycles. The molecule has 12 heavy (non-hydrogen) atoms. The molecule has 0 aliphatic heterocycles. The molecule has 1 heteroatoms. The molecule has 0 aromatic heterocycles. The van der Waals surface area contributed by atoms with Crippen LogP contribution in [0.15, 0.2) is 11.6 Å². The van der Waals surface area contributed by atoms with E-state index in [9.17, 15) is 5.11 Å². The van der Waals surface area contributed by atoms with Gasteiger partial charge in [-0.2, -0.15) is 0 Å². The lowest BCUT2D eigenvalue weighted by molar-refractivity contribution is 0.110. The summed E-state index contributed by atoms with van der Waals surface area (Å²) in [5, 5.41) is 9.81. The van der Waals surface area contributed by atoms with Crippen LogP contribution in [-0.4, -0.2) is 10.7 Å². The summed E-state index contributed by atoms with van der Waals surface area (Å²) in [5.41, 5.74) is 0.879. The summed E-state index contributed by atoms with van der Waals surface area (Å²) >= 11 is 0. The van der Waals surface area contributed by atoms with Crippen molar-refractivity contribution in [2.75, 3.05) is 0 Å². The van der Waals surface area contributed by atoms with Gasteiger partial charge in [-0.1, -0.05) is 19.9 Å². The van der Waals surface area contributed by atoms with E-state index >= 15 is 0 Å². The van der Waals surface area contributed by atoms with Crippen LogP contribution < -0.4 is 0 Å². The van der Waals surface area contributed by atoms with Crippen LogP contribution in [0.25, 0.3) is 0 Å². The Morgan fingerprint density at radius 1 is 1.42 bits per heavy atom. The highest BCUT2D eigenvalue weighted by atomic mass is 16.3. The van der Waals surface area contributed by atoms with Crippen LogP contribution in [0.1, 0.15) is 47.0 Å². The largest absolute Gasteiger partial charge is 0.386 e. The number of hydrogen-bond donors (Lipinski definition) is 1. The minimum Gasteiger partial charge on any atom is -0.386 e. The first-order valence-electron chi connectivity index (χ1n) is 4.76. The molecule has 1 aliphatic carbocycles. The minimum absolute atomic E-state index is 0.285. The molecule has 0 amide bonds. The van der Waals surface area contributed by atoms with Gasteiger partial charge in [0.1, 0.15) is 0 Å². The third-order valence-corrected chi connectivity index (χ3v) is 2.62. The van der Waals surface area contributed by atoms with Crippen molar-refractivity contribution in [1.29, 1.82) is 0 Å². The van der Waals surface area contributed by atoms with Crippen LogP contribution in [0.3, 0.4) is 0 Å². The zero-order chi connectivity index (χ0) is 9.41. The van der Waals surface area contributed by atoms with Crippen LogP contribution in [0.2, 0.25) is 0 Å². The first kappa shape index (κ1) is 9.79. The van der Waals surface area contributed by atoms with Gasteiger partial charge in [-0.3, -0.25) is 0 Å². The molecule has 0 spiro atoms. The fourth-order valence-corrected chi connectivity index (χ4v) is 1.83. The van der Waals surface area contributed by atoms with Crippen LogP contribution in [-0.2, 0) is 0 Å². The van der Waals surface area contributed by atoms with Gasteiger partial charge in [0, 0.05) is 0 Å². The van der Waals surface area contributed by atoms with Gasteiger partial charge < -0.3 is 5.11 Å². The molecule has 1 nitrogen and oxygen atoms in total. The Morgan fingerprint density at radius 3 is 2.33 bits per heavy atom. The highest BCUT2D eigenvalue weighted by molar-refractivity contribution is 5.19. The predicted molar refractivity (Wildman–Crippen MR) is 52.0 cm³/mol. The Balaban J connectivity index is 2.85. The molecule has 1 aliphatic rings. The van der Waals surface area contributed by atoms with Crippen molar-refractivity contribution in [1.82, 2.24) is 0 Å². The van der Waals surface area contributed by atoms with E-state index in [0.29, 0.717) is 0 Å². The maximum Gasteiger partial charge on any atom is 0.0800 e. The van der Waals surface area contributed by atoms with Gasteiger partial charge in [-0.25, -0.2) is 0 Å². The summed E-state index contributed by atoms with van der Waals surface area (Å²) in [7, 11) is 0. The molecule has 0 saturated carbocycles. The smallest absolute Gasteiger partial charge is 0.0800 e. The van der Waals surface area contributed by atoms with E-state index in [4.69, 9.17) is 0 Å². The van der Waals surface area contributed by atoms with Crippen molar-refractivity contribution in [3.05, 3.63) is 11.6 Å². The summed E-state index contributed by atoms with van der Waals surface area (Å²) in [6, 6.07) is 0. The molecule has 1 rings (SSSR count). The van der Waals surface area contributed by atoms with Gasteiger partial charge in [0.15, 0.2) is 0 Å². The lowest BCUT2D eigenvalue weighted by atomic mass is 9.76. The first-order chi connectivity index (χ1) is 5.31. The molecule has 0 aromatic rings. The molecule has 0 unspecified atom stereocenters. The average Bonchev–Trinajstić information content (AvgIpc) is 1.83. The van der Waals surface area contributed by atoms with Crippen LogP contribution in [0.5, 0.6) is 0 Å². The zero-order valence-corrected chi connectivity index (χ0v) is 8.65. The van der Waals surface area contributed by atoms with Crippen molar-refractivity contribution in [2.45, 2.75) is 52.6 Å². The summed E-state index contributed by atoms with van der Waals surface area (Å²) in [4.78, 5) is 0. The van der Waals surface area contributed by atoms with Crippen LogP contribution in [0.4, 0.5) is 0 Å². The normalized spacial score (nSPS) is 23.6. The van der Waals surface area contributed by atoms with Crippen molar-refractivity contribution >= 4 is 0 Å². The highest BCUT2D eigenvalue weighted by Gasteiger charge is 2.27.